The fraction of sp³-hybridized carbons (Fsp3) is 0.706. The van der Waals surface area contributed by atoms with Crippen LogP contribution < -0.4 is 15.4 Å². The molecule has 45 heavy (non-hydrogen) atoms. The third kappa shape index (κ3) is 7.90. The number of halogens is 1. The topological polar surface area (TPSA) is 134 Å². The maximum atomic E-state index is 14.0. The van der Waals surface area contributed by atoms with Gasteiger partial charge in [-0.1, -0.05) is 32.1 Å². The molecule has 4 atom stereocenters. The van der Waals surface area contributed by atoms with E-state index in [1.807, 2.05) is 0 Å². The quantitative estimate of drug-likeness (QED) is 0.347. The van der Waals surface area contributed by atoms with E-state index in [0.717, 1.165) is 37.7 Å². The molecule has 3 N–H and O–H groups in total. The van der Waals surface area contributed by atoms with Crippen LogP contribution in [0.5, 0.6) is 5.75 Å². The maximum absolute atomic E-state index is 14.0. The number of ether oxygens (including phenoxy) is 2. The molecule has 4 aliphatic rings. The maximum Gasteiger partial charge on any atom is 0.407 e. The summed E-state index contributed by atoms with van der Waals surface area (Å²) in [7, 11) is 0. The second-order valence-electron chi connectivity index (χ2n) is 14.3. The summed E-state index contributed by atoms with van der Waals surface area (Å²) in [5, 5.41) is 15.1. The van der Waals surface area contributed by atoms with Crippen molar-refractivity contribution in [3.05, 3.63) is 23.8 Å². The highest BCUT2D eigenvalue weighted by molar-refractivity contribution is 5.98. The third-order valence-electron chi connectivity index (χ3n) is 10.1. The number of amides is 3. The highest BCUT2D eigenvalue weighted by Gasteiger charge is 2.47. The Balaban J connectivity index is 1.25. The Morgan fingerprint density at radius 1 is 1.04 bits per heavy atom. The lowest BCUT2D eigenvalue weighted by atomic mass is 9.76. The van der Waals surface area contributed by atoms with Crippen molar-refractivity contribution in [3.8, 4) is 5.75 Å². The number of anilines is 1. The molecule has 0 aromatic heterocycles. The van der Waals surface area contributed by atoms with Crippen molar-refractivity contribution >= 4 is 29.6 Å². The lowest BCUT2D eigenvalue weighted by Gasteiger charge is -2.37. The molecule has 0 bridgehead atoms. The van der Waals surface area contributed by atoms with Crippen LogP contribution in [0.15, 0.2) is 18.2 Å². The summed E-state index contributed by atoms with van der Waals surface area (Å²) in [6.45, 7) is 5.11. The fourth-order valence-corrected chi connectivity index (χ4v) is 7.88. The summed E-state index contributed by atoms with van der Waals surface area (Å²) in [4.78, 5) is 53.5. The average Bonchev–Trinajstić information content (AvgIpc) is 3.64. The molecule has 3 fully saturated rings. The number of alkyl carbamates (subject to hydrolysis) is 1. The first-order chi connectivity index (χ1) is 21.4. The Bertz CT molecular complexity index is 1250. The first kappa shape index (κ1) is 33.0. The minimum Gasteiger partial charge on any atom is -0.478 e. The zero-order chi connectivity index (χ0) is 32.3. The summed E-state index contributed by atoms with van der Waals surface area (Å²) in [6, 6.07) is 3.92. The van der Waals surface area contributed by atoms with E-state index in [2.05, 4.69) is 10.6 Å². The van der Waals surface area contributed by atoms with Crippen molar-refractivity contribution < 1.29 is 38.1 Å². The summed E-state index contributed by atoms with van der Waals surface area (Å²) in [5.41, 5.74) is 0.611. The summed E-state index contributed by atoms with van der Waals surface area (Å²) >= 11 is 0. The molecule has 1 aromatic rings. The van der Waals surface area contributed by atoms with Crippen molar-refractivity contribution in [2.24, 2.45) is 23.7 Å². The van der Waals surface area contributed by atoms with Crippen LogP contribution in [0.2, 0.25) is 0 Å². The first-order valence-electron chi connectivity index (χ1n) is 16.6. The van der Waals surface area contributed by atoms with Crippen molar-refractivity contribution in [2.75, 3.05) is 18.5 Å². The largest absolute Gasteiger partial charge is 0.478 e. The highest BCUT2D eigenvalue weighted by Crippen LogP contribution is 2.42. The van der Waals surface area contributed by atoms with Gasteiger partial charge in [-0.3, -0.25) is 9.59 Å². The predicted octanol–water partition coefficient (Wildman–Crippen LogP) is 5.48. The standard InChI is InChI=1S/C34H48FN3O7/c1-34(2,3)45-33(43)37-26(19-35)21-9-11-22(12-10-21)31(40)38-16-15-25(20-7-5-4-6-8-20)29(38)30(39)36-24-13-14-27-23(17-24)18-28(44-27)32(41)42/h13-14,17,20-22,25-26,28-29H,4-12,15-16,18-19H2,1-3H3,(H,36,39)(H,37,43)(H,41,42)/t21?,22?,25-,26+,28?,29-/m0/s1. The van der Waals surface area contributed by atoms with Crippen LogP contribution in [0.25, 0.3) is 0 Å². The van der Waals surface area contributed by atoms with Gasteiger partial charge in [-0.2, -0.15) is 0 Å². The number of carbonyl (C=O) groups excluding carboxylic acids is 3. The Kier molecular flexibility index (Phi) is 10.2. The molecule has 5 rings (SSSR count). The molecule has 248 valence electrons. The molecule has 0 spiro atoms. The van der Waals surface area contributed by atoms with Crippen LogP contribution in [-0.4, -0.2) is 70.9 Å². The van der Waals surface area contributed by atoms with E-state index >= 15 is 0 Å². The van der Waals surface area contributed by atoms with Crippen LogP contribution in [-0.2, 0) is 25.5 Å². The van der Waals surface area contributed by atoms with E-state index in [0.29, 0.717) is 49.6 Å². The van der Waals surface area contributed by atoms with Gasteiger partial charge in [0.15, 0.2) is 6.10 Å². The number of fused-ring (bicyclic) bond motifs is 1. The molecule has 1 aromatic carbocycles. The molecule has 2 saturated carbocycles. The number of hydrogen-bond donors (Lipinski definition) is 3. The Morgan fingerprint density at radius 2 is 1.76 bits per heavy atom. The van der Waals surface area contributed by atoms with E-state index < -0.39 is 42.5 Å². The van der Waals surface area contributed by atoms with E-state index in [1.54, 1.807) is 43.9 Å². The molecule has 11 heteroatoms. The van der Waals surface area contributed by atoms with Gasteiger partial charge < -0.3 is 30.1 Å². The van der Waals surface area contributed by atoms with E-state index in [-0.39, 0.29) is 36.0 Å². The highest BCUT2D eigenvalue weighted by atomic mass is 19.1. The van der Waals surface area contributed by atoms with Crippen LogP contribution in [0, 0.1) is 23.7 Å². The van der Waals surface area contributed by atoms with Crippen LogP contribution in [0.1, 0.15) is 90.5 Å². The van der Waals surface area contributed by atoms with Crippen LogP contribution >= 0.6 is 0 Å². The number of carboxylic acids is 1. The summed E-state index contributed by atoms with van der Waals surface area (Å²) < 4.78 is 24.8. The summed E-state index contributed by atoms with van der Waals surface area (Å²) in [5.74, 6) is -0.637. The van der Waals surface area contributed by atoms with Gasteiger partial charge in [0.25, 0.3) is 0 Å². The zero-order valence-electron chi connectivity index (χ0n) is 26.7. The van der Waals surface area contributed by atoms with E-state index in [9.17, 15) is 28.7 Å². The van der Waals surface area contributed by atoms with Gasteiger partial charge in [-0.25, -0.2) is 14.0 Å². The number of carbonyl (C=O) groups is 4. The number of rotatable bonds is 8. The Morgan fingerprint density at radius 3 is 2.40 bits per heavy atom. The fourth-order valence-electron chi connectivity index (χ4n) is 7.88. The van der Waals surface area contributed by atoms with Crippen molar-refractivity contribution in [3.63, 3.8) is 0 Å². The number of carboxylic acid groups (broad SMARTS) is 1. The smallest absolute Gasteiger partial charge is 0.407 e. The van der Waals surface area contributed by atoms with Crippen LogP contribution in [0.3, 0.4) is 0 Å². The van der Waals surface area contributed by atoms with Gasteiger partial charge in [-0.05, 0) is 88.8 Å². The van der Waals surface area contributed by atoms with E-state index in [1.165, 1.54) is 6.42 Å². The second-order valence-corrected chi connectivity index (χ2v) is 14.3. The number of hydrogen-bond acceptors (Lipinski definition) is 6. The van der Waals surface area contributed by atoms with Crippen molar-refractivity contribution in [1.29, 1.82) is 0 Å². The van der Waals surface area contributed by atoms with Gasteiger partial charge >= 0.3 is 12.1 Å². The molecule has 1 saturated heterocycles. The summed E-state index contributed by atoms with van der Waals surface area (Å²) in [6.07, 6.45) is 7.38. The molecular formula is C34H48FN3O7. The lowest BCUT2D eigenvalue weighted by Crippen LogP contribution is -2.50. The molecular weight excluding hydrogens is 581 g/mol. The van der Waals surface area contributed by atoms with Gasteiger partial charge in [0.05, 0.1) is 6.04 Å². The average molecular weight is 630 g/mol. The monoisotopic (exact) mass is 629 g/mol. The molecule has 2 aliphatic heterocycles. The van der Waals surface area contributed by atoms with E-state index in [4.69, 9.17) is 9.47 Å². The molecule has 3 amide bonds. The minimum atomic E-state index is -1.03. The molecule has 2 aliphatic carbocycles. The number of nitrogens with zero attached hydrogens (tertiary/aromatic N) is 1. The number of nitrogens with one attached hydrogen (secondary N) is 2. The Labute approximate surface area is 264 Å². The predicted molar refractivity (Wildman–Crippen MR) is 166 cm³/mol. The second kappa shape index (κ2) is 14.0. The minimum absolute atomic E-state index is 0.0181. The molecule has 10 nitrogen and oxygen atoms in total. The zero-order valence-corrected chi connectivity index (χ0v) is 26.7. The Hall–Kier alpha value is -3.37. The number of aliphatic carboxylic acids is 1. The van der Waals surface area contributed by atoms with Gasteiger partial charge in [0.1, 0.15) is 24.1 Å². The molecule has 1 unspecified atom stereocenters. The third-order valence-corrected chi connectivity index (χ3v) is 10.1. The first-order valence-corrected chi connectivity index (χ1v) is 16.6. The molecule has 0 radical (unpaired) electrons. The molecule has 2 heterocycles. The number of benzene rings is 1. The van der Waals surface area contributed by atoms with Crippen molar-refractivity contribution in [2.45, 2.75) is 115 Å². The lowest BCUT2D eigenvalue weighted by molar-refractivity contribution is -0.144. The van der Waals surface area contributed by atoms with Crippen LogP contribution in [0.4, 0.5) is 14.9 Å². The number of alkyl halides is 1. The number of likely N-dealkylation sites (tertiary alicyclic amines) is 1. The SMILES string of the molecule is CC(C)(C)OC(=O)N[C@H](CF)C1CCC(C(=O)N2CC[C@@H](C3CCCCC3)[C@H]2C(=O)Nc2ccc3c(c2)CC(C(=O)O)O3)CC1. The van der Waals surface area contributed by atoms with Gasteiger partial charge in [0.2, 0.25) is 11.8 Å². The normalized spacial score (nSPS) is 27.6. The van der Waals surface area contributed by atoms with Crippen molar-refractivity contribution in [1.82, 2.24) is 10.2 Å². The van der Waals surface area contributed by atoms with Gasteiger partial charge in [0, 0.05) is 30.1 Å². The van der Waals surface area contributed by atoms with Gasteiger partial charge in [-0.15, -0.1) is 0 Å².